The van der Waals surface area contributed by atoms with Gasteiger partial charge in [0.2, 0.25) is 0 Å². The lowest BCUT2D eigenvalue weighted by atomic mass is 9.94. The molecule has 1 heterocycles. The highest BCUT2D eigenvalue weighted by Gasteiger charge is 2.18. The summed E-state index contributed by atoms with van der Waals surface area (Å²) in [5, 5.41) is 11.7. The first-order valence-corrected chi connectivity index (χ1v) is 6.69. The summed E-state index contributed by atoms with van der Waals surface area (Å²) in [5.74, 6) is 0.877. The Morgan fingerprint density at radius 1 is 1.05 bits per heavy atom. The van der Waals surface area contributed by atoms with E-state index in [9.17, 15) is 0 Å². The minimum Gasteiger partial charge on any atom is -0.497 e. The molecule has 0 radical (unpaired) electrons. The fraction of sp³-hybridized carbons (Fsp3) is 0.375. The van der Waals surface area contributed by atoms with E-state index in [1.165, 1.54) is 11.1 Å². The standard InChI is InChI=1S/C16H21N3O/c1-10-8-13(20-5)6-7-14(10)16(17-4)15-9-11(2)18-19-12(15)3/h6-9,16-17H,1-5H3. The molecule has 1 aromatic carbocycles. The van der Waals surface area contributed by atoms with Crippen molar-refractivity contribution in [2.24, 2.45) is 0 Å². The highest BCUT2D eigenvalue weighted by molar-refractivity contribution is 5.42. The van der Waals surface area contributed by atoms with Crippen molar-refractivity contribution in [3.05, 3.63) is 52.3 Å². The average molecular weight is 271 g/mol. The topological polar surface area (TPSA) is 47.0 Å². The van der Waals surface area contributed by atoms with Gasteiger partial charge in [-0.3, -0.25) is 0 Å². The zero-order valence-corrected chi connectivity index (χ0v) is 12.7. The van der Waals surface area contributed by atoms with Crippen LogP contribution in [0.4, 0.5) is 0 Å². The van der Waals surface area contributed by atoms with Crippen LogP contribution in [0.15, 0.2) is 24.3 Å². The molecule has 0 bridgehead atoms. The zero-order chi connectivity index (χ0) is 14.7. The molecule has 0 aliphatic carbocycles. The van der Waals surface area contributed by atoms with E-state index < -0.39 is 0 Å². The quantitative estimate of drug-likeness (QED) is 0.929. The Kier molecular flexibility index (Phi) is 4.35. The van der Waals surface area contributed by atoms with E-state index in [0.29, 0.717) is 0 Å². The van der Waals surface area contributed by atoms with Crippen LogP contribution in [0.2, 0.25) is 0 Å². The van der Waals surface area contributed by atoms with Gasteiger partial charge in [0.15, 0.2) is 0 Å². The Morgan fingerprint density at radius 3 is 2.40 bits per heavy atom. The summed E-state index contributed by atoms with van der Waals surface area (Å²) in [4.78, 5) is 0. The second kappa shape index (κ2) is 6.01. The lowest BCUT2D eigenvalue weighted by Crippen LogP contribution is -2.20. The maximum Gasteiger partial charge on any atom is 0.119 e. The molecule has 2 aromatic rings. The van der Waals surface area contributed by atoms with Crippen molar-refractivity contribution in [3.8, 4) is 5.75 Å². The van der Waals surface area contributed by atoms with Crippen LogP contribution >= 0.6 is 0 Å². The SMILES string of the molecule is CNC(c1ccc(OC)cc1C)c1cc(C)nnc1C. The van der Waals surface area contributed by atoms with Gasteiger partial charge in [-0.2, -0.15) is 10.2 Å². The van der Waals surface area contributed by atoms with Gasteiger partial charge >= 0.3 is 0 Å². The van der Waals surface area contributed by atoms with Gasteiger partial charge in [-0.15, -0.1) is 0 Å². The van der Waals surface area contributed by atoms with E-state index in [0.717, 1.165) is 22.7 Å². The highest BCUT2D eigenvalue weighted by Crippen LogP contribution is 2.28. The molecule has 1 N–H and O–H groups in total. The van der Waals surface area contributed by atoms with Crippen LogP contribution in [0.25, 0.3) is 0 Å². The number of aromatic nitrogens is 2. The molecule has 0 aliphatic heterocycles. The minimum atomic E-state index is 0.107. The first kappa shape index (κ1) is 14.5. The monoisotopic (exact) mass is 271 g/mol. The molecule has 0 saturated heterocycles. The van der Waals surface area contributed by atoms with Gasteiger partial charge in [-0.1, -0.05) is 6.07 Å². The second-order valence-corrected chi connectivity index (χ2v) is 4.97. The Morgan fingerprint density at radius 2 is 1.80 bits per heavy atom. The molecular weight excluding hydrogens is 250 g/mol. The number of rotatable bonds is 4. The van der Waals surface area contributed by atoms with E-state index in [-0.39, 0.29) is 6.04 Å². The summed E-state index contributed by atoms with van der Waals surface area (Å²) in [6, 6.07) is 8.34. The third-order valence-corrected chi connectivity index (χ3v) is 3.53. The fourth-order valence-electron chi connectivity index (χ4n) is 2.44. The molecule has 4 nitrogen and oxygen atoms in total. The largest absolute Gasteiger partial charge is 0.497 e. The first-order chi connectivity index (χ1) is 9.56. The Labute approximate surface area is 120 Å². The van der Waals surface area contributed by atoms with Crippen LogP contribution in [-0.4, -0.2) is 24.4 Å². The molecule has 2 rings (SSSR count). The molecule has 1 aromatic heterocycles. The van der Waals surface area contributed by atoms with Crippen LogP contribution in [0.5, 0.6) is 5.75 Å². The predicted molar refractivity (Wildman–Crippen MR) is 80.1 cm³/mol. The van der Waals surface area contributed by atoms with Gasteiger partial charge in [0.1, 0.15) is 5.75 Å². The third-order valence-electron chi connectivity index (χ3n) is 3.53. The zero-order valence-electron chi connectivity index (χ0n) is 12.7. The van der Waals surface area contributed by atoms with Crippen LogP contribution in [0.3, 0.4) is 0 Å². The number of ether oxygens (including phenoxy) is 1. The minimum absolute atomic E-state index is 0.107. The van der Waals surface area contributed by atoms with Crippen molar-refractivity contribution in [1.82, 2.24) is 15.5 Å². The number of hydrogen-bond acceptors (Lipinski definition) is 4. The van der Waals surface area contributed by atoms with Gasteiger partial charge in [0.05, 0.1) is 24.5 Å². The number of methoxy groups -OCH3 is 1. The molecule has 1 atom stereocenters. The van der Waals surface area contributed by atoms with Crippen molar-refractivity contribution in [2.75, 3.05) is 14.2 Å². The lowest BCUT2D eigenvalue weighted by molar-refractivity contribution is 0.414. The summed E-state index contributed by atoms with van der Waals surface area (Å²) < 4.78 is 5.27. The number of nitrogens with one attached hydrogen (secondary N) is 1. The van der Waals surface area contributed by atoms with Crippen LogP contribution in [0.1, 0.15) is 34.1 Å². The predicted octanol–water partition coefficient (Wildman–Crippen LogP) is 2.72. The van der Waals surface area contributed by atoms with Crippen molar-refractivity contribution in [3.63, 3.8) is 0 Å². The molecule has 4 heteroatoms. The summed E-state index contributed by atoms with van der Waals surface area (Å²) in [7, 11) is 3.65. The van der Waals surface area contributed by atoms with Crippen molar-refractivity contribution in [2.45, 2.75) is 26.8 Å². The summed E-state index contributed by atoms with van der Waals surface area (Å²) in [5.41, 5.74) is 5.46. The average Bonchev–Trinajstić information content (AvgIpc) is 2.44. The van der Waals surface area contributed by atoms with Crippen LogP contribution in [-0.2, 0) is 0 Å². The number of nitrogens with zero attached hydrogens (tertiary/aromatic N) is 2. The van der Waals surface area contributed by atoms with E-state index in [1.54, 1.807) is 7.11 Å². The number of benzene rings is 1. The second-order valence-electron chi connectivity index (χ2n) is 4.97. The molecule has 0 aliphatic rings. The van der Waals surface area contributed by atoms with Crippen LogP contribution < -0.4 is 10.1 Å². The maximum atomic E-state index is 5.27. The van der Waals surface area contributed by atoms with E-state index in [4.69, 9.17) is 4.74 Å². The number of hydrogen-bond donors (Lipinski definition) is 1. The van der Waals surface area contributed by atoms with Gasteiger partial charge < -0.3 is 10.1 Å². The first-order valence-electron chi connectivity index (χ1n) is 6.69. The Hall–Kier alpha value is -1.94. The van der Waals surface area contributed by atoms with Gasteiger partial charge in [0.25, 0.3) is 0 Å². The number of aryl methyl sites for hydroxylation is 3. The third kappa shape index (κ3) is 2.80. The highest BCUT2D eigenvalue weighted by atomic mass is 16.5. The maximum absolute atomic E-state index is 5.27. The van der Waals surface area contributed by atoms with Crippen molar-refractivity contribution >= 4 is 0 Å². The molecule has 0 spiro atoms. The van der Waals surface area contributed by atoms with Crippen molar-refractivity contribution < 1.29 is 4.74 Å². The summed E-state index contributed by atoms with van der Waals surface area (Å²) in [6.45, 7) is 6.05. The Bertz CT molecular complexity index is 611. The van der Waals surface area contributed by atoms with Gasteiger partial charge in [0, 0.05) is 0 Å². The van der Waals surface area contributed by atoms with E-state index in [1.807, 2.05) is 27.0 Å². The van der Waals surface area contributed by atoms with E-state index >= 15 is 0 Å². The van der Waals surface area contributed by atoms with E-state index in [2.05, 4.69) is 40.6 Å². The molecular formula is C16H21N3O. The molecule has 1 unspecified atom stereocenters. The lowest BCUT2D eigenvalue weighted by Gasteiger charge is -2.21. The molecule has 106 valence electrons. The summed E-state index contributed by atoms with van der Waals surface area (Å²) >= 11 is 0. The van der Waals surface area contributed by atoms with Crippen molar-refractivity contribution in [1.29, 1.82) is 0 Å². The molecule has 20 heavy (non-hydrogen) atoms. The summed E-state index contributed by atoms with van der Waals surface area (Å²) in [6.07, 6.45) is 0. The Balaban J connectivity index is 2.49. The smallest absolute Gasteiger partial charge is 0.119 e. The fourth-order valence-corrected chi connectivity index (χ4v) is 2.44. The molecule has 0 fully saturated rings. The van der Waals surface area contributed by atoms with Crippen LogP contribution in [0, 0.1) is 20.8 Å². The van der Waals surface area contributed by atoms with Gasteiger partial charge in [-0.25, -0.2) is 0 Å². The molecule has 0 amide bonds. The molecule has 0 saturated carbocycles. The normalized spacial score (nSPS) is 12.2. The van der Waals surface area contributed by atoms with Gasteiger partial charge in [-0.05, 0) is 62.7 Å².